The van der Waals surface area contributed by atoms with E-state index in [1.54, 1.807) is 0 Å². The molecule has 1 unspecified atom stereocenters. The number of ether oxygens (including phenoxy) is 3. The third-order valence-corrected chi connectivity index (χ3v) is 13.1. The van der Waals surface area contributed by atoms with Crippen LogP contribution in [0.3, 0.4) is 0 Å². The van der Waals surface area contributed by atoms with Crippen molar-refractivity contribution in [3.63, 3.8) is 0 Å². The molecule has 6 nitrogen and oxygen atoms in total. The molecular weight excluding hydrogens is 829 g/mol. The zero-order chi connectivity index (χ0) is 48.6. The van der Waals surface area contributed by atoms with E-state index in [2.05, 4.69) is 57.2 Å². The highest BCUT2D eigenvalue weighted by Crippen LogP contribution is 2.16. The highest BCUT2D eigenvalue weighted by molar-refractivity contribution is 5.71. The number of carbonyl (C=O) groups is 3. The second-order valence-electron chi connectivity index (χ2n) is 19.9. The summed E-state index contributed by atoms with van der Waals surface area (Å²) in [5.41, 5.74) is 0. The molecule has 0 N–H and O–H groups in total. The number of carbonyl (C=O) groups excluding carboxylic acids is 3. The Morgan fingerprint density at radius 3 is 0.791 bits per heavy atom. The van der Waals surface area contributed by atoms with Crippen molar-refractivity contribution < 1.29 is 28.6 Å². The van der Waals surface area contributed by atoms with E-state index in [0.29, 0.717) is 19.3 Å². The van der Waals surface area contributed by atoms with Crippen LogP contribution in [0.1, 0.15) is 316 Å². The van der Waals surface area contributed by atoms with Crippen LogP contribution in [0.15, 0.2) is 36.5 Å². The van der Waals surface area contributed by atoms with Crippen LogP contribution in [-0.2, 0) is 28.6 Å². The molecule has 0 fully saturated rings. The van der Waals surface area contributed by atoms with Gasteiger partial charge in [0.05, 0.1) is 0 Å². The predicted molar refractivity (Wildman–Crippen MR) is 289 cm³/mol. The monoisotopic (exact) mass is 941 g/mol. The normalized spacial score (nSPS) is 12.2. The second kappa shape index (κ2) is 56.2. The summed E-state index contributed by atoms with van der Waals surface area (Å²) in [4.78, 5) is 38.1. The molecule has 0 saturated heterocycles. The summed E-state index contributed by atoms with van der Waals surface area (Å²) in [6.45, 7) is 6.62. The van der Waals surface area contributed by atoms with Gasteiger partial charge in [-0.25, -0.2) is 0 Å². The zero-order valence-corrected chi connectivity index (χ0v) is 44.9. The van der Waals surface area contributed by atoms with E-state index in [-0.39, 0.29) is 31.1 Å². The molecule has 0 aliphatic carbocycles. The van der Waals surface area contributed by atoms with Crippen molar-refractivity contribution in [2.75, 3.05) is 13.2 Å². The van der Waals surface area contributed by atoms with Crippen molar-refractivity contribution in [2.45, 2.75) is 322 Å². The quantitative estimate of drug-likeness (QED) is 0.0262. The fourth-order valence-electron chi connectivity index (χ4n) is 8.59. The van der Waals surface area contributed by atoms with Gasteiger partial charge in [0.1, 0.15) is 13.2 Å². The van der Waals surface area contributed by atoms with E-state index in [0.717, 1.165) is 64.2 Å². The molecule has 0 aromatic heterocycles. The van der Waals surface area contributed by atoms with Gasteiger partial charge in [0, 0.05) is 19.3 Å². The Labute approximate surface area is 416 Å². The van der Waals surface area contributed by atoms with Gasteiger partial charge in [-0.15, -0.1) is 0 Å². The van der Waals surface area contributed by atoms with Crippen molar-refractivity contribution in [3.05, 3.63) is 36.5 Å². The summed E-state index contributed by atoms with van der Waals surface area (Å²) in [6.07, 6.45) is 67.1. The number of rotatable bonds is 54. The van der Waals surface area contributed by atoms with Crippen LogP contribution in [0.4, 0.5) is 0 Å². The summed E-state index contributed by atoms with van der Waals surface area (Å²) in [6, 6.07) is 0. The van der Waals surface area contributed by atoms with E-state index >= 15 is 0 Å². The maximum Gasteiger partial charge on any atom is 0.306 e. The van der Waals surface area contributed by atoms with Gasteiger partial charge in [-0.1, -0.05) is 243 Å². The van der Waals surface area contributed by atoms with Gasteiger partial charge in [0.15, 0.2) is 6.10 Å². The first-order chi connectivity index (χ1) is 33.0. The SMILES string of the molecule is CCCC/C=C\CCCCCCCC(=O)OCC(COC(=O)CCCCCCCCC/C=C\CCCCCCCCCC)OC(=O)CCCCCCCCC/C=C\CCCCCCCCCC. The molecular formula is C61H112O6. The van der Waals surface area contributed by atoms with Gasteiger partial charge >= 0.3 is 17.9 Å². The number of allylic oxidation sites excluding steroid dienone is 6. The third kappa shape index (κ3) is 54.4. The molecule has 0 aromatic rings. The minimum Gasteiger partial charge on any atom is -0.462 e. The Hall–Kier alpha value is -2.37. The van der Waals surface area contributed by atoms with Crippen LogP contribution in [0.25, 0.3) is 0 Å². The lowest BCUT2D eigenvalue weighted by molar-refractivity contribution is -0.167. The van der Waals surface area contributed by atoms with Gasteiger partial charge in [0.2, 0.25) is 0 Å². The maximum atomic E-state index is 12.9. The highest BCUT2D eigenvalue weighted by atomic mass is 16.6. The van der Waals surface area contributed by atoms with Gasteiger partial charge in [0.25, 0.3) is 0 Å². The fourth-order valence-corrected chi connectivity index (χ4v) is 8.59. The molecule has 0 aliphatic rings. The first-order valence-electron chi connectivity index (χ1n) is 29.5. The topological polar surface area (TPSA) is 78.9 Å². The minimum atomic E-state index is -0.778. The first kappa shape index (κ1) is 64.6. The second-order valence-corrected chi connectivity index (χ2v) is 19.9. The summed E-state index contributed by atoms with van der Waals surface area (Å²) < 4.78 is 16.9. The smallest absolute Gasteiger partial charge is 0.306 e. The largest absolute Gasteiger partial charge is 0.462 e. The van der Waals surface area contributed by atoms with Crippen LogP contribution in [0.2, 0.25) is 0 Å². The van der Waals surface area contributed by atoms with Crippen molar-refractivity contribution >= 4 is 17.9 Å². The van der Waals surface area contributed by atoms with Gasteiger partial charge in [-0.3, -0.25) is 14.4 Å². The van der Waals surface area contributed by atoms with Crippen LogP contribution in [0.5, 0.6) is 0 Å². The molecule has 0 aliphatic heterocycles. The van der Waals surface area contributed by atoms with E-state index in [4.69, 9.17) is 14.2 Å². The molecule has 0 aromatic carbocycles. The first-order valence-corrected chi connectivity index (χ1v) is 29.5. The van der Waals surface area contributed by atoms with Crippen molar-refractivity contribution in [1.82, 2.24) is 0 Å². The molecule has 0 rings (SSSR count). The average molecular weight is 942 g/mol. The van der Waals surface area contributed by atoms with E-state index < -0.39 is 6.10 Å². The Balaban J connectivity index is 4.31. The summed E-state index contributed by atoms with van der Waals surface area (Å²) in [5.74, 6) is -0.880. The molecule has 0 saturated carbocycles. The van der Waals surface area contributed by atoms with E-state index in [1.165, 1.54) is 212 Å². The Morgan fingerprint density at radius 1 is 0.284 bits per heavy atom. The molecule has 0 bridgehead atoms. The fraction of sp³-hybridized carbons (Fsp3) is 0.852. The number of hydrogen-bond acceptors (Lipinski definition) is 6. The average Bonchev–Trinajstić information content (AvgIpc) is 3.33. The van der Waals surface area contributed by atoms with Crippen molar-refractivity contribution in [1.29, 1.82) is 0 Å². The molecule has 67 heavy (non-hydrogen) atoms. The predicted octanol–water partition coefficient (Wildman–Crippen LogP) is 19.7. The van der Waals surface area contributed by atoms with Crippen molar-refractivity contribution in [3.8, 4) is 0 Å². The summed E-state index contributed by atoms with van der Waals surface area (Å²) >= 11 is 0. The molecule has 1 atom stereocenters. The molecule has 6 heteroatoms. The molecule has 392 valence electrons. The Bertz CT molecular complexity index is 1130. The van der Waals surface area contributed by atoms with Crippen LogP contribution < -0.4 is 0 Å². The molecule has 0 heterocycles. The number of hydrogen-bond donors (Lipinski definition) is 0. The standard InChI is InChI=1S/C61H112O6/c1-4-7-10-13-16-19-22-24-26-28-30-32-34-36-39-42-45-48-51-54-60(63)66-57-58(56-65-59(62)53-50-47-44-41-38-21-18-15-12-9-6-3)67-61(64)55-52-49-46-43-40-37-35-33-31-29-27-25-23-20-17-14-11-8-5-2/h15,18,28-31,58H,4-14,16-17,19-27,32-57H2,1-3H3/b18-15-,30-28-,31-29-. The molecule has 0 spiro atoms. The van der Waals surface area contributed by atoms with E-state index in [9.17, 15) is 14.4 Å². The van der Waals surface area contributed by atoms with Crippen molar-refractivity contribution in [2.24, 2.45) is 0 Å². The number of unbranched alkanes of at least 4 members (excludes halogenated alkanes) is 37. The summed E-state index contributed by atoms with van der Waals surface area (Å²) in [5, 5.41) is 0. The lowest BCUT2D eigenvalue weighted by Gasteiger charge is -2.18. The minimum absolute atomic E-state index is 0.0767. The third-order valence-electron chi connectivity index (χ3n) is 13.1. The van der Waals surface area contributed by atoms with Gasteiger partial charge in [-0.05, 0) is 89.9 Å². The molecule has 0 amide bonds. The summed E-state index contributed by atoms with van der Waals surface area (Å²) in [7, 11) is 0. The maximum absolute atomic E-state index is 12.9. The highest BCUT2D eigenvalue weighted by Gasteiger charge is 2.19. The van der Waals surface area contributed by atoms with Gasteiger partial charge < -0.3 is 14.2 Å². The van der Waals surface area contributed by atoms with Gasteiger partial charge in [-0.2, -0.15) is 0 Å². The van der Waals surface area contributed by atoms with E-state index in [1.807, 2.05) is 0 Å². The van der Waals surface area contributed by atoms with Crippen LogP contribution >= 0.6 is 0 Å². The Kier molecular flexibility index (Phi) is 54.2. The van der Waals surface area contributed by atoms with Crippen LogP contribution in [0, 0.1) is 0 Å². The lowest BCUT2D eigenvalue weighted by atomic mass is 10.1. The lowest BCUT2D eigenvalue weighted by Crippen LogP contribution is -2.30. The number of esters is 3. The van der Waals surface area contributed by atoms with Crippen LogP contribution in [-0.4, -0.2) is 37.2 Å². The Morgan fingerprint density at radius 2 is 0.507 bits per heavy atom. The molecule has 0 radical (unpaired) electrons. The zero-order valence-electron chi connectivity index (χ0n) is 44.9.